The molecule has 2 aromatic rings. The molecule has 17 heavy (non-hydrogen) atoms. The topological polar surface area (TPSA) is 89.8 Å². The molecule has 1 heterocycles. The number of aromatic nitrogens is 2. The molecule has 5 nitrogen and oxygen atoms in total. The zero-order valence-corrected chi connectivity index (χ0v) is 9.06. The smallest absolute Gasteiger partial charge is 0.259 e. The van der Waals surface area contributed by atoms with Crippen molar-refractivity contribution in [2.24, 2.45) is 0 Å². The van der Waals surface area contributed by atoms with Crippen molar-refractivity contribution in [3.8, 4) is 6.07 Å². The molecule has 2 N–H and O–H groups in total. The van der Waals surface area contributed by atoms with Crippen molar-refractivity contribution in [2.75, 3.05) is 0 Å². The van der Waals surface area contributed by atoms with Crippen molar-refractivity contribution < 1.29 is 5.11 Å². The second kappa shape index (κ2) is 4.10. The third kappa shape index (κ3) is 1.88. The average molecular weight is 227 g/mol. The van der Waals surface area contributed by atoms with Crippen LogP contribution in [0.15, 0.2) is 34.8 Å². The molecule has 1 aromatic heterocycles. The quantitative estimate of drug-likeness (QED) is 0.573. The minimum atomic E-state index is -0.334. The van der Waals surface area contributed by atoms with Gasteiger partial charge in [-0.2, -0.15) is 5.26 Å². The molecule has 0 fully saturated rings. The van der Waals surface area contributed by atoms with Gasteiger partial charge in [-0.15, -0.1) is 0 Å². The summed E-state index contributed by atoms with van der Waals surface area (Å²) in [5, 5.41) is 18.7. The normalized spacial score (nSPS) is 12.0. The van der Waals surface area contributed by atoms with Crippen LogP contribution in [0.3, 0.4) is 0 Å². The van der Waals surface area contributed by atoms with Crippen molar-refractivity contribution >= 4 is 16.5 Å². The monoisotopic (exact) mass is 227 g/mol. The Kier molecular flexibility index (Phi) is 2.63. The number of nitrogens with one attached hydrogen (secondary N) is 1. The highest BCUT2D eigenvalue weighted by atomic mass is 16.3. The highest BCUT2D eigenvalue weighted by Crippen LogP contribution is 2.13. The minimum absolute atomic E-state index is 0.0344. The lowest BCUT2D eigenvalue weighted by Gasteiger charge is -2.01. The molecule has 0 bridgehead atoms. The number of benzene rings is 1. The summed E-state index contributed by atoms with van der Waals surface area (Å²) in [6, 6.07) is 8.61. The Morgan fingerprint density at radius 2 is 2.18 bits per heavy atom. The van der Waals surface area contributed by atoms with Crippen molar-refractivity contribution in [2.45, 2.75) is 6.92 Å². The zero-order valence-electron chi connectivity index (χ0n) is 9.06. The largest absolute Gasteiger partial charge is 0.511 e. The number of nitriles is 1. The zero-order chi connectivity index (χ0) is 12.4. The van der Waals surface area contributed by atoms with Crippen LogP contribution in [-0.2, 0) is 0 Å². The van der Waals surface area contributed by atoms with E-state index in [1.165, 1.54) is 6.92 Å². The van der Waals surface area contributed by atoms with Crippen LogP contribution < -0.4 is 5.56 Å². The molecular formula is C12H9N3O2. The van der Waals surface area contributed by atoms with Gasteiger partial charge < -0.3 is 10.1 Å². The molecule has 0 amide bonds. The molecule has 5 heteroatoms. The number of hydrogen-bond donors (Lipinski definition) is 2. The summed E-state index contributed by atoms with van der Waals surface area (Å²) in [5.74, 6) is -0.0952. The Labute approximate surface area is 96.7 Å². The van der Waals surface area contributed by atoms with Gasteiger partial charge in [0, 0.05) is 0 Å². The minimum Gasteiger partial charge on any atom is -0.511 e. The van der Waals surface area contributed by atoms with E-state index in [2.05, 4.69) is 9.97 Å². The summed E-state index contributed by atoms with van der Waals surface area (Å²) in [5.41, 5.74) is 0.118. The number of fused-ring (bicyclic) bond motifs is 1. The van der Waals surface area contributed by atoms with Crippen molar-refractivity contribution in [1.29, 1.82) is 5.26 Å². The molecule has 84 valence electrons. The van der Waals surface area contributed by atoms with E-state index >= 15 is 0 Å². The molecule has 0 atom stereocenters. The van der Waals surface area contributed by atoms with Gasteiger partial charge in [-0.1, -0.05) is 12.1 Å². The number of allylic oxidation sites excluding steroid dienone is 2. The first-order valence-corrected chi connectivity index (χ1v) is 4.93. The average Bonchev–Trinajstić information content (AvgIpc) is 2.29. The van der Waals surface area contributed by atoms with Crippen LogP contribution in [0.5, 0.6) is 0 Å². The Morgan fingerprint density at radius 1 is 1.47 bits per heavy atom. The number of H-pyrrole nitrogens is 1. The first-order valence-electron chi connectivity index (χ1n) is 4.93. The number of aliphatic hydroxyl groups is 1. The Bertz CT molecular complexity index is 703. The van der Waals surface area contributed by atoms with E-state index in [-0.39, 0.29) is 22.7 Å². The van der Waals surface area contributed by atoms with Gasteiger partial charge in [0.05, 0.1) is 10.9 Å². The van der Waals surface area contributed by atoms with Gasteiger partial charge in [-0.05, 0) is 19.1 Å². The molecule has 0 unspecified atom stereocenters. The van der Waals surface area contributed by atoms with Gasteiger partial charge in [0.25, 0.3) is 5.56 Å². The summed E-state index contributed by atoms with van der Waals surface area (Å²) < 4.78 is 0. The van der Waals surface area contributed by atoms with E-state index in [9.17, 15) is 9.90 Å². The Hall–Kier alpha value is -2.61. The predicted molar refractivity (Wildman–Crippen MR) is 63.2 cm³/mol. The Morgan fingerprint density at radius 3 is 2.82 bits per heavy atom. The van der Waals surface area contributed by atoms with Crippen LogP contribution in [-0.4, -0.2) is 15.1 Å². The lowest BCUT2D eigenvalue weighted by atomic mass is 10.2. The van der Waals surface area contributed by atoms with E-state index in [1.54, 1.807) is 30.3 Å². The molecule has 0 spiro atoms. The van der Waals surface area contributed by atoms with Gasteiger partial charge in [-0.25, -0.2) is 4.98 Å². The van der Waals surface area contributed by atoms with Gasteiger partial charge in [0.15, 0.2) is 5.82 Å². The fraction of sp³-hybridized carbons (Fsp3) is 0.0833. The van der Waals surface area contributed by atoms with Crippen molar-refractivity contribution in [3.63, 3.8) is 0 Å². The molecular weight excluding hydrogens is 218 g/mol. The number of hydrogen-bond acceptors (Lipinski definition) is 4. The van der Waals surface area contributed by atoms with Gasteiger partial charge in [0.1, 0.15) is 17.4 Å². The third-order valence-corrected chi connectivity index (χ3v) is 2.32. The van der Waals surface area contributed by atoms with Crippen LogP contribution in [0.1, 0.15) is 12.7 Å². The lowest BCUT2D eigenvalue weighted by molar-refractivity contribution is 0.417. The van der Waals surface area contributed by atoms with E-state index in [0.29, 0.717) is 10.9 Å². The second-order valence-corrected chi connectivity index (χ2v) is 3.50. The van der Waals surface area contributed by atoms with E-state index in [4.69, 9.17) is 5.26 Å². The number of aliphatic hydroxyl groups excluding tert-OH is 1. The fourth-order valence-electron chi connectivity index (χ4n) is 1.51. The van der Waals surface area contributed by atoms with E-state index in [0.717, 1.165) is 0 Å². The van der Waals surface area contributed by atoms with Crippen molar-refractivity contribution in [3.05, 3.63) is 46.2 Å². The van der Waals surface area contributed by atoms with Gasteiger partial charge in [0.2, 0.25) is 0 Å². The van der Waals surface area contributed by atoms with Gasteiger partial charge >= 0.3 is 0 Å². The molecule has 0 aliphatic carbocycles. The fourth-order valence-corrected chi connectivity index (χ4v) is 1.51. The van der Waals surface area contributed by atoms with Gasteiger partial charge in [-0.3, -0.25) is 4.79 Å². The molecule has 0 aliphatic heterocycles. The maximum Gasteiger partial charge on any atom is 0.259 e. The third-order valence-electron chi connectivity index (χ3n) is 2.32. The number of aromatic amines is 1. The molecule has 1 aromatic carbocycles. The SMILES string of the molecule is C/C(O)=C(/C#N)c1nc2ccccc2c(=O)[nH]1. The standard InChI is InChI=1S/C12H9N3O2/c1-7(16)9(6-13)11-14-10-5-3-2-4-8(10)12(17)15-11/h2-5,16H,1H3,(H,14,15,17)/b9-7+. The summed E-state index contributed by atoms with van der Waals surface area (Å²) in [7, 11) is 0. The van der Waals surface area contributed by atoms with E-state index in [1.807, 2.05) is 0 Å². The van der Waals surface area contributed by atoms with Crippen molar-refractivity contribution in [1.82, 2.24) is 9.97 Å². The highest BCUT2D eigenvalue weighted by Gasteiger charge is 2.10. The molecule has 0 saturated carbocycles. The number of para-hydroxylation sites is 1. The number of nitrogens with zero attached hydrogens (tertiary/aromatic N) is 2. The molecule has 0 radical (unpaired) electrons. The molecule has 0 saturated heterocycles. The number of rotatable bonds is 1. The van der Waals surface area contributed by atoms with E-state index < -0.39 is 0 Å². The summed E-state index contributed by atoms with van der Waals surface area (Å²) in [4.78, 5) is 18.3. The maximum atomic E-state index is 11.7. The van der Waals surface area contributed by atoms with Crippen LogP contribution in [0.2, 0.25) is 0 Å². The second-order valence-electron chi connectivity index (χ2n) is 3.50. The maximum absolute atomic E-state index is 11.7. The Balaban J connectivity index is 2.80. The molecule has 0 aliphatic rings. The first kappa shape index (κ1) is 10.9. The lowest BCUT2D eigenvalue weighted by Crippen LogP contribution is -2.11. The van der Waals surface area contributed by atoms with Crippen LogP contribution in [0.25, 0.3) is 16.5 Å². The van der Waals surface area contributed by atoms with Crippen LogP contribution in [0, 0.1) is 11.3 Å². The van der Waals surface area contributed by atoms with Crippen LogP contribution >= 0.6 is 0 Å². The summed E-state index contributed by atoms with van der Waals surface area (Å²) in [6.07, 6.45) is 0. The summed E-state index contributed by atoms with van der Waals surface area (Å²) in [6.45, 7) is 1.37. The first-order chi connectivity index (χ1) is 8.13. The molecule has 2 rings (SSSR count). The predicted octanol–water partition coefficient (Wildman–Crippen LogP) is 1.74. The van der Waals surface area contributed by atoms with Crippen LogP contribution in [0.4, 0.5) is 0 Å². The highest BCUT2D eigenvalue weighted by molar-refractivity contribution is 5.81. The summed E-state index contributed by atoms with van der Waals surface area (Å²) >= 11 is 0.